The SMILES string of the molecule is O=C(Nc1cc2ccccc2c(-c2ccc3[nH]ccc3c2)n1)C1(c2ccc3c(c2)OC(F)(F)O3)CC1. The lowest BCUT2D eigenvalue weighted by Gasteiger charge is -2.17. The number of alkyl halides is 2. The molecule has 2 N–H and O–H groups in total. The van der Waals surface area contributed by atoms with E-state index in [-0.39, 0.29) is 17.4 Å². The third-order valence-electron chi connectivity index (χ3n) is 6.95. The molecule has 1 fully saturated rings. The number of nitrogens with zero attached hydrogens (tertiary/aromatic N) is 1. The molecule has 7 rings (SSSR count). The first-order valence-corrected chi connectivity index (χ1v) is 11.6. The number of nitrogens with one attached hydrogen (secondary N) is 2. The number of rotatable bonds is 4. The molecule has 1 aliphatic carbocycles. The molecule has 8 heteroatoms. The summed E-state index contributed by atoms with van der Waals surface area (Å²) in [6, 6.07) is 22.4. The monoisotopic (exact) mass is 483 g/mol. The summed E-state index contributed by atoms with van der Waals surface area (Å²) >= 11 is 0. The third kappa shape index (κ3) is 3.29. The lowest BCUT2D eigenvalue weighted by molar-refractivity contribution is -0.286. The van der Waals surface area contributed by atoms with Crippen LogP contribution in [0, 0.1) is 0 Å². The second-order valence-electron chi connectivity index (χ2n) is 9.22. The van der Waals surface area contributed by atoms with Crippen molar-refractivity contribution in [3.8, 4) is 22.8 Å². The first kappa shape index (κ1) is 20.9. The highest BCUT2D eigenvalue weighted by Gasteiger charge is 2.53. The van der Waals surface area contributed by atoms with Crippen molar-refractivity contribution in [2.75, 3.05) is 5.32 Å². The number of fused-ring (bicyclic) bond motifs is 3. The zero-order chi connectivity index (χ0) is 24.5. The van der Waals surface area contributed by atoms with Gasteiger partial charge in [-0.3, -0.25) is 4.79 Å². The van der Waals surface area contributed by atoms with Gasteiger partial charge in [0.25, 0.3) is 0 Å². The van der Waals surface area contributed by atoms with E-state index in [1.165, 1.54) is 12.1 Å². The molecule has 2 aliphatic rings. The Hall–Kier alpha value is -4.46. The zero-order valence-electron chi connectivity index (χ0n) is 18.8. The number of hydrogen-bond acceptors (Lipinski definition) is 4. The predicted octanol–water partition coefficient (Wildman–Crippen LogP) is 6.37. The summed E-state index contributed by atoms with van der Waals surface area (Å²) in [6.07, 6.45) is -0.614. The summed E-state index contributed by atoms with van der Waals surface area (Å²) in [4.78, 5) is 21.5. The van der Waals surface area contributed by atoms with Gasteiger partial charge in [0.05, 0.1) is 11.1 Å². The molecule has 1 saturated carbocycles. The number of aromatic amines is 1. The van der Waals surface area contributed by atoms with E-state index in [1.807, 2.05) is 54.7 Å². The van der Waals surface area contributed by atoms with E-state index in [4.69, 9.17) is 4.98 Å². The Morgan fingerprint density at radius 1 is 0.917 bits per heavy atom. The Kier molecular flexibility index (Phi) is 4.22. The number of benzene rings is 3. The van der Waals surface area contributed by atoms with Gasteiger partial charge in [-0.15, -0.1) is 8.78 Å². The average Bonchev–Trinajstić information content (AvgIpc) is 3.43. The van der Waals surface area contributed by atoms with Crippen LogP contribution in [-0.2, 0) is 10.2 Å². The van der Waals surface area contributed by atoms with Crippen LogP contribution in [0.25, 0.3) is 32.9 Å². The molecule has 3 heterocycles. The van der Waals surface area contributed by atoms with Crippen LogP contribution in [0.5, 0.6) is 11.5 Å². The molecule has 3 aromatic carbocycles. The van der Waals surface area contributed by atoms with E-state index in [1.54, 1.807) is 6.07 Å². The number of halogens is 2. The van der Waals surface area contributed by atoms with E-state index in [0.717, 1.165) is 32.9 Å². The number of pyridine rings is 1. The number of ether oxygens (including phenoxy) is 2. The quantitative estimate of drug-likeness (QED) is 0.311. The van der Waals surface area contributed by atoms with Gasteiger partial charge in [0, 0.05) is 28.0 Å². The van der Waals surface area contributed by atoms with Gasteiger partial charge in [-0.1, -0.05) is 36.4 Å². The van der Waals surface area contributed by atoms with Gasteiger partial charge in [0.1, 0.15) is 5.82 Å². The van der Waals surface area contributed by atoms with Crippen molar-refractivity contribution < 1.29 is 23.0 Å². The highest BCUT2D eigenvalue weighted by molar-refractivity contribution is 6.04. The number of anilines is 1. The van der Waals surface area contributed by atoms with E-state index in [9.17, 15) is 13.6 Å². The van der Waals surface area contributed by atoms with E-state index in [0.29, 0.717) is 24.2 Å². The maximum Gasteiger partial charge on any atom is 0.586 e. The van der Waals surface area contributed by atoms with Crippen LogP contribution in [0.1, 0.15) is 18.4 Å². The number of hydrogen-bond donors (Lipinski definition) is 2. The standard InChI is InChI=1S/C28H19F2N3O3/c29-28(30)35-22-8-6-19(15-23(22)36-28)27(10-11-27)26(34)33-24-14-16-3-1-2-4-20(16)25(32-24)18-5-7-21-17(13-18)9-12-31-21/h1-9,12-15,31H,10-11H2,(H,32,33,34). The zero-order valence-corrected chi connectivity index (χ0v) is 18.8. The van der Waals surface area contributed by atoms with Crippen LogP contribution in [0.15, 0.2) is 79.0 Å². The minimum absolute atomic E-state index is 0.0415. The van der Waals surface area contributed by atoms with Crippen molar-refractivity contribution in [3.63, 3.8) is 0 Å². The first-order valence-electron chi connectivity index (χ1n) is 11.6. The summed E-state index contributed by atoms with van der Waals surface area (Å²) in [5.74, 6) is 0.0902. The van der Waals surface area contributed by atoms with Crippen LogP contribution < -0.4 is 14.8 Å². The molecule has 36 heavy (non-hydrogen) atoms. The molecule has 1 aliphatic heterocycles. The van der Waals surface area contributed by atoms with Crippen LogP contribution >= 0.6 is 0 Å². The largest absolute Gasteiger partial charge is 0.586 e. The molecule has 5 aromatic rings. The van der Waals surface area contributed by atoms with Crippen LogP contribution in [0.4, 0.5) is 14.6 Å². The number of carbonyl (C=O) groups is 1. The summed E-state index contributed by atoms with van der Waals surface area (Å²) in [6.45, 7) is 0. The molecule has 0 atom stereocenters. The average molecular weight is 483 g/mol. The van der Waals surface area contributed by atoms with Gasteiger partial charge in [0.15, 0.2) is 11.5 Å². The molecule has 0 radical (unpaired) electrons. The second-order valence-corrected chi connectivity index (χ2v) is 9.22. The number of H-pyrrole nitrogens is 1. The fourth-order valence-corrected chi connectivity index (χ4v) is 4.94. The maximum atomic E-state index is 13.5. The maximum absolute atomic E-state index is 13.5. The lowest BCUT2D eigenvalue weighted by Crippen LogP contribution is -2.28. The summed E-state index contributed by atoms with van der Waals surface area (Å²) in [7, 11) is 0. The molecule has 0 bridgehead atoms. The Labute approximate surface area is 203 Å². The van der Waals surface area contributed by atoms with Gasteiger partial charge >= 0.3 is 6.29 Å². The number of amides is 1. The lowest BCUT2D eigenvalue weighted by atomic mass is 9.94. The highest BCUT2D eigenvalue weighted by Crippen LogP contribution is 2.52. The van der Waals surface area contributed by atoms with Crippen molar-refractivity contribution in [3.05, 3.63) is 84.6 Å². The number of carbonyl (C=O) groups excluding carboxylic acids is 1. The van der Waals surface area contributed by atoms with E-state index in [2.05, 4.69) is 25.8 Å². The van der Waals surface area contributed by atoms with Gasteiger partial charge in [-0.25, -0.2) is 4.98 Å². The molecule has 0 spiro atoms. The molecule has 2 aromatic heterocycles. The third-order valence-corrected chi connectivity index (χ3v) is 6.95. The highest BCUT2D eigenvalue weighted by atomic mass is 19.3. The van der Waals surface area contributed by atoms with Gasteiger partial charge in [-0.05, 0) is 60.2 Å². The van der Waals surface area contributed by atoms with Crippen molar-refractivity contribution in [1.29, 1.82) is 0 Å². The molecule has 6 nitrogen and oxygen atoms in total. The van der Waals surface area contributed by atoms with Gasteiger partial charge in [0.2, 0.25) is 5.91 Å². The smallest absolute Gasteiger partial charge is 0.395 e. The van der Waals surface area contributed by atoms with Crippen LogP contribution in [0.2, 0.25) is 0 Å². The molecule has 0 saturated heterocycles. The van der Waals surface area contributed by atoms with E-state index >= 15 is 0 Å². The van der Waals surface area contributed by atoms with Crippen molar-refractivity contribution in [2.45, 2.75) is 24.6 Å². The molecular formula is C28H19F2N3O3. The molecule has 0 unspecified atom stereocenters. The topological polar surface area (TPSA) is 76.2 Å². The predicted molar refractivity (Wildman–Crippen MR) is 131 cm³/mol. The minimum atomic E-state index is -3.70. The fourth-order valence-electron chi connectivity index (χ4n) is 4.94. The summed E-state index contributed by atoms with van der Waals surface area (Å²) in [5, 5.41) is 5.97. The summed E-state index contributed by atoms with van der Waals surface area (Å²) < 4.78 is 36.0. The Bertz CT molecular complexity index is 1690. The Morgan fingerprint density at radius 3 is 2.61 bits per heavy atom. The van der Waals surface area contributed by atoms with Crippen LogP contribution in [-0.4, -0.2) is 22.2 Å². The first-order chi connectivity index (χ1) is 17.4. The van der Waals surface area contributed by atoms with Crippen molar-refractivity contribution >= 4 is 33.4 Å². The fraction of sp³-hybridized carbons (Fsp3) is 0.143. The molecule has 178 valence electrons. The molecular weight excluding hydrogens is 464 g/mol. The normalized spacial score (nSPS) is 16.8. The Balaban J connectivity index is 1.25. The van der Waals surface area contributed by atoms with E-state index < -0.39 is 11.7 Å². The van der Waals surface area contributed by atoms with Gasteiger partial charge < -0.3 is 19.8 Å². The minimum Gasteiger partial charge on any atom is -0.395 e. The van der Waals surface area contributed by atoms with Crippen LogP contribution in [0.3, 0.4) is 0 Å². The van der Waals surface area contributed by atoms with Crippen molar-refractivity contribution in [1.82, 2.24) is 9.97 Å². The molecule has 1 amide bonds. The summed E-state index contributed by atoms with van der Waals surface area (Å²) in [5.41, 5.74) is 2.52. The Morgan fingerprint density at radius 2 is 1.75 bits per heavy atom. The number of aromatic nitrogens is 2. The second kappa shape index (κ2) is 7.27. The van der Waals surface area contributed by atoms with Crippen molar-refractivity contribution in [2.24, 2.45) is 0 Å². The van der Waals surface area contributed by atoms with Gasteiger partial charge in [-0.2, -0.15) is 0 Å².